The first-order valence-corrected chi connectivity index (χ1v) is 17.3. The van der Waals surface area contributed by atoms with E-state index in [0.29, 0.717) is 17.5 Å². The van der Waals surface area contributed by atoms with Gasteiger partial charge in [-0.3, -0.25) is 4.98 Å². The summed E-state index contributed by atoms with van der Waals surface area (Å²) in [5.41, 5.74) is 13.9. The average molecular weight is 655 g/mol. The van der Waals surface area contributed by atoms with Crippen LogP contribution in [0.1, 0.15) is 33.6 Å². The van der Waals surface area contributed by atoms with E-state index in [1.165, 1.54) is 33.4 Å². The third-order valence-corrected chi connectivity index (χ3v) is 10.1. The van der Waals surface area contributed by atoms with E-state index in [0.717, 1.165) is 39.2 Å². The van der Waals surface area contributed by atoms with Crippen LogP contribution in [0.3, 0.4) is 0 Å². The van der Waals surface area contributed by atoms with Crippen molar-refractivity contribution in [2.24, 2.45) is 0 Å². The van der Waals surface area contributed by atoms with Gasteiger partial charge in [-0.05, 0) is 64.9 Å². The molecule has 0 unspecified atom stereocenters. The van der Waals surface area contributed by atoms with Gasteiger partial charge in [0.25, 0.3) is 0 Å². The molecule has 0 atom stereocenters. The number of hydrogen-bond acceptors (Lipinski definition) is 4. The number of nitrogens with zero attached hydrogens (tertiary/aromatic N) is 4. The van der Waals surface area contributed by atoms with Crippen LogP contribution in [0.5, 0.6) is 0 Å². The molecule has 51 heavy (non-hydrogen) atoms. The SMILES string of the molecule is Cc1ccc(-c2ccc(-c3nc(-c4ccccc4)nc(-c4ccc5c(c4)C(c4ccccc4)(c4ccccc4)c4ccccc4-5)n3)cc2)c(C)n1. The molecule has 0 amide bonds. The van der Waals surface area contributed by atoms with Gasteiger partial charge >= 0.3 is 0 Å². The molecule has 0 saturated heterocycles. The first-order chi connectivity index (χ1) is 25.1. The monoisotopic (exact) mass is 654 g/mol. The molecule has 9 rings (SSSR count). The molecule has 0 radical (unpaired) electrons. The molecule has 2 aromatic heterocycles. The molecule has 6 aromatic carbocycles. The van der Waals surface area contributed by atoms with Crippen molar-refractivity contribution in [1.29, 1.82) is 0 Å². The second-order valence-electron chi connectivity index (χ2n) is 13.1. The summed E-state index contributed by atoms with van der Waals surface area (Å²) in [6.07, 6.45) is 0. The van der Waals surface area contributed by atoms with Gasteiger partial charge in [-0.2, -0.15) is 0 Å². The van der Waals surface area contributed by atoms with Crippen molar-refractivity contribution < 1.29 is 0 Å². The molecule has 4 heteroatoms. The number of pyridine rings is 1. The zero-order chi connectivity index (χ0) is 34.4. The van der Waals surface area contributed by atoms with E-state index in [1.54, 1.807) is 0 Å². The molecule has 1 aliphatic rings. The Morgan fingerprint density at radius 2 is 0.824 bits per heavy atom. The maximum absolute atomic E-state index is 5.16. The summed E-state index contributed by atoms with van der Waals surface area (Å²) >= 11 is 0. The van der Waals surface area contributed by atoms with Crippen LogP contribution in [0, 0.1) is 13.8 Å². The fourth-order valence-electron chi connectivity index (χ4n) is 7.72. The van der Waals surface area contributed by atoms with Crippen LogP contribution in [-0.2, 0) is 5.41 Å². The predicted octanol–water partition coefficient (Wildman–Crippen LogP) is 10.9. The molecule has 8 aromatic rings. The van der Waals surface area contributed by atoms with Gasteiger partial charge in [-0.15, -0.1) is 0 Å². The summed E-state index contributed by atoms with van der Waals surface area (Å²) in [4.78, 5) is 20.0. The van der Waals surface area contributed by atoms with E-state index in [-0.39, 0.29) is 0 Å². The van der Waals surface area contributed by atoms with Crippen LogP contribution in [0.15, 0.2) is 170 Å². The molecular formula is C47H34N4. The van der Waals surface area contributed by atoms with E-state index in [4.69, 9.17) is 15.0 Å². The lowest BCUT2D eigenvalue weighted by molar-refractivity contribution is 0.768. The summed E-state index contributed by atoms with van der Waals surface area (Å²) in [5.74, 6) is 1.90. The molecule has 242 valence electrons. The molecule has 0 fully saturated rings. The summed E-state index contributed by atoms with van der Waals surface area (Å²) in [5, 5.41) is 0. The minimum atomic E-state index is -0.513. The Morgan fingerprint density at radius 1 is 0.353 bits per heavy atom. The quantitative estimate of drug-likeness (QED) is 0.179. The van der Waals surface area contributed by atoms with Crippen LogP contribution in [0.25, 0.3) is 56.4 Å². The number of aryl methyl sites for hydroxylation is 2. The average Bonchev–Trinajstić information content (AvgIpc) is 3.49. The minimum absolute atomic E-state index is 0.513. The van der Waals surface area contributed by atoms with E-state index in [1.807, 2.05) is 37.3 Å². The molecule has 0 N–H and O–H groups in total. The Hall–Kier alpha value is -6.52. The van der Waals surface area contributed by atoms with Crippen LogP contribution in [-0.4, -0.2) is 19.9 Å². The highest BCUT2D eigenvalue weighted by molar-refractivity contribution is 5.88. The van der Waals surface area contributed by atoms with Crippen LogP contribution < -0.4 is 0 Å². The van der Waals surface area contributed by atoms with Gasteiger partial charge in [0.05, 0.1) is 5.41 Å². The number of aromatic nitrogens is 4. The van der Waals surface area contributed by atoms with Gasteiger partial charge in [0, 0.05) is 33.6 Å². The molecule has 1 aliphatic carbocycles. The fraction of sp³-hybridized carbons (Fsp3) is 0.0638. The van der Waals surface area contributed by atoms with Crippen LogP contribution in [0.2, 0.25) is 0 Å². The molecule has 0 saturated carbocycles. The second kappa shape index (κ2) is 12.4. The van der Waals surface area contributed by atoms with Crippen molar-refractivity contribution in [3.8, 4) is 56.4 Å². The molecule has 2 heterocycles. The maximum Gasteiger partial charge on any atom is 0.164 e. The predicted molar refractivity (Wildman–Crippen MR) is 206 cm³/mol. The molecular weight excluding hydrogens is 621 g/mol. The van der Waals surface area contributed by atoms with Crippen molar-refractivity contribution in [2.45, 2.75) is 19.3 Å². The van der Waals surface area contributed by atoms with Gasteiger partial charge < -0.3 is 0 Å². The number of fused-ring (bicyclic) bond motifs is 3. The first kappa shape index (κ1) is 30.5. The molecule has 0 bridgehead atoms. The standard InChI is InChI=1S/C47H34N4/c1-31-22-28-39(32(2)48-31)33-23-25-35(26-24-33)45-49-44(34-14-6-3-7-15-34)50-46(51-45)36-27-29-41-40-20-12-13-21-42(40)47(43(41)30-36,37-16-8-4-9-17-37)38-18-10-5-11-19-38/h3-30H,1-2H3. The number of rotatable bonds is 6. The van der Waals surface area contributed by atoms with Gasteiger partial charge in [-0.25, -0.2) is 15.0 Å². The third-order valence-electron chi connectivity index (χ3n) is 10.1. The van der Waals surface area contributed by atoms with Crippen molar-refractivity contribution in [1.82, 2.24) is 19.9 Å². The van der Waals surface area contributed by atoms with Crippen LogP contribution >= 0.6 is 0 Å². The summed E-state index contributed by atoms with van der Waals surface area (Å²) in [6.45, 7) is 4.08. The van der Waals surface area contributed by atoms with Crippen molar-refractivity contribution in [2.75, 3.05) is 0 Å². The van der Waals surface area contributed by atoms with E-state index >= 15 is 0 Å². The van der Waals surface area contributed by atoms with Crippen molar-refractivity contribution in [3.63, 3.8) is 0 Å². The smallest absolute Gasteiger partial charge is 0.164 e. The Bertz CT molecular complexity index is 2490. The van der Waals surface area contributed by atoms with Gasteiger partial charge in [-0.1, -0.05) is 158 Å². The highest BCUT2D eigenvalue weighted by Gasteiger charge is 2.46. The summed E-state index contributed by atoms with van der Waals surface area (Å²) in [7, 11) is 0. The Balaban J connectivity index is 1.24. The first-order valence-electron chi connectivity index (χ1n) is 17.3. The van der Waals surface area contributed by atoms with Gasteiger partial charge in [0.1, 0.15) is 0 Å². The minimum Gasteiger partial charge on any atom is -0.258 e. The number of benzene rings is 6. The van der Waals surface area contributed by atoms with E-state index in [2.05, 4.69) is 151 Å². The summed E-state index contributed by atoms with van der Waals surface area (Å²) < 4.78 is 0. The largest absolute Gasteiger partial charge is 0.258 e. The van der Waals surface area contributed by atoms with Gasteiger partial charge in [0.15, 0.2) is 17.5 Å². The van der Waals surface area contributed by atoms with E-state index in [9.17, 15) is 0 Å². The molecule has 0 spiro atoms. The molecule has 4 nitrogen and oxygen atoms in total. The van der Waals surface area contributed by atoms with Gasteiger partial charge in [0.2, 0.25) is 0 Å². The third kappa shape index (κ3) is 5.15. The number of hydrogen-bond donors (Lipinski definition) is 0. The lowest BCUT2D eigenvalue weighted by atomic mass is 9.67. The highest BCUT2D eigenvalue weighted by atomic mass is 15.0. The zero-order valence-electron chi connectivity index (χ0n) is 28.5. The Labute approximate surface area is 298 Å². The van der Waals surface area contributed by atoms with Crippen molar-refractivity contribution >= 4 is 0 Å². The van der Waals surface area contributed by atoms with Crippen molar-refractivity contribution in [3.05, 3.63) is 203 Å². The Kier molecular flexibility index (Phi) is 7.44. The lowest BCUT2D eigenvalue weighted by Crippen LogP contribution is -2.28. The molecule has 0 aliphatic heterocycles. The Morgan fingerprint density at radius 3 is 1.45 bits per heavy atom. The second-order valence-corrected chi connectivity index (χ2v) is 13.1. The fourth-order valence-corrected chi connectivity index (χ4v) is 7.72. The topological polar surface area (TPSA) is 51.6 Å². The maximum atomic E-state index is 5.16. The highest BCUT2D eigenvalue weighted by Crippen LogP contribution is 2.56. The van der Waals surface area contributed by atoms with Crippen LogP contribution in [0.4, 0.5) is 0 Å². The summed E-state index contributed by atoms with van der Waals surface area (Å²) in [6, 6.07) is 60.0. The van der Waals surface area contributed by atoms with E-state index < -0.39 is 5.41 Å². The lowest BCUT2D eigenvalue weighted by Gasteiger charge is -2.34. The zero-order valence-corrected chi connectivity index (χ0v) is 28.5. The normalized spacial score (nSPS) is 12.7.